The Morgan fingerprint density at radius 1 is 0.970 bits per heavy atom. The minimum Gasteiger partial charge on any atom is -0.493 e. The normalized spacial score (nSPS) is 13.6. The van der Waals surface area contributed by atoms with E-state index in [4.69, 9.17) is 21.1 Å². The number of rotatable bonds is 5. The molecule has 0 radical (unpaired) electrons. The maximum absolute atomic E-state index is 12.7. The number of amides is 2. The first kappa shape index (κ1) is 22.7. The number of piperazine rings is 1. The van der Waals surface area contributed by atoms with Crippen LogP contribution in [0.3, 0.4) is 0 Å². The fourth-order valence-corrected chi connectivity index (χ4v) is 3.89. The molecule has 8 nitrogen and oxygen atoms in total. The van der Waals surface area contributed by atoms with E-state index in [1.165, 1.54) is 0 Å². The van der Waals surface area contributed by atoms with E-state index in [1.54, 1.807) is 19.1 Å². The fourth-order valence-electron chi connectivity index (χ4n) is 3.72. The summed E-state index contributed by atoms with van der Waals surface area (Å²) >= 11 is 6.15. The van der Waals surface area contributed by atoms with Gasteiger partial charge in [0.25, 0.3) is 0 Å². The molecule has 1 aliphatic heterocycles. The van der Waals surface area contributed by atoms with Crippen LogP contribution in [0.5, 0.6) is 11.5 Å². The van der Waals surface area contributed by atoms with Crippen molar-refractivity contribution in [1.82, 2.24) is 15.1 Å². The lowest BCUT2D eigenvalue weighted by molar-refractivity contribution is 0.208. The van der Waals surface area contributed by atoms with Crippen LogP contribution < -0.4 is 19.7 Å². The Bertz CT molecular complexity index is 1130. The van der Waals surface area contributed by atoms with Gasteiger partial charge < -0.3 is 24.6 Å². The lowest BCUT2D eigenvalue weighted by Gasteiger charge is -2.35. The van der Waals surface area contributed by atoms with Crippen LogP contribution in [0.4, 0.5) is 16.3 Å². The van der Waals surface area contributed by atoms with Gasteiger partial charge in [0.2, 0.25) is 0 Å². The largest absolute Gasteiger partial charge is 0.493 e. The summed E-state index contributed by atoms with van der Waals surface area (Å²) in [5, 5.41) is 12.4. The molecule has 1 aromatic heterocycles. The first-order valence-electron chi connectivity index (χ1n) is 10.6. The highest BCUT2D eigenvalue weighted by Gasteiger charge is 2.23. The van der Waals surface area contributed by atoms with Crippen molar-refractivity contribution in [3.8, 4) is 22.8 Å². The number of carbonyl (C=O) groups excluding carboxylic acids is 1. The van der Waals surface area contributed by atoms with E-state index in [1.807, 2.05) is 55.5 Å². The van der Waals surface area contributed by atoms with Gasteiger partial charge in [-0.15, -0.1) is 10.2 Å². The first-order chi connectivity index (χ1) is 16.0. The Balaban J connectivity index is 1.37. The molecule has 9 heteroatoms. The van der Waals surface area contributed by atoms with Crippen molar-refractivity contribution in [2.45, 2.75) is 6.92 Å². The number of nitrogens with zero attached hydrogens (tertiary/aromatic N) is 4. The van der Waals surface area contributed by atoms with Gasteiger partial charge in [-0.2, -0.15) is 0 Å². The van der Waals surface area contributed by atoms with Gasteiger partial charge in [0.05, 0.1) is 19.9 Å². The lowest BCUT2D eigenvalue weighted by atomic mass is 10.1. The van der Waals surface area contributed by atoms with Crippen LogP contribution in [0, 0.1) is 6.92 Å². The summed E-state index contributed by atoms with van der Waals surface area (Å²) in [6.07, 6.45) is 0. The molecule has 1 N–H and O–H groups in total. The van der Waals surface area contributed by atoms with Gasteiger partial charge in [0.1, 0.15) is 0 Å². The maximum Gasteiger partial charge on any atom is 0.321 e. The molecule has 1 aliphatic rings. The molecule has 0 bridgehead atoms. The number of halogens is 1. The highest BCUT2D eigenvalue weighted by Crippen LogP contribution is 2.31. The summed E-state index contributed by atoms with van der Waals surface area (Å²) in [5.41, 5.74) is 3.22. The smallest absolute Gasteiger partial charge is 0.321 e. The highest BCUT2D eigenvalue weighted by atomic mass is 35.5. The van der Waals surface area contributed by atoms with E-state index in [-0.39, 0.29) is 6.03 Å². The van der Waals surface area contributed by atoms with Gasteiger partial charge in [-0.3, -0.25) is 0 Å². The number of anilines is 2. The van der Waals surface area contributed by atoms with E-state index in [0.717, 1.165) is 28.3 Å². The molecule has 2 heterocycles. The number of nitrogens with one attached hydrogen (secondary N) is 1. The molecule has 172 valence electrons. The van der Waals surface area contributed by atoms with Crippen LogP contribution in [0.1, 0.15) is 5.56 Å². The molecule has 0 atom stereocenters. The van der Waals surface area contributed by atoms with E-state index < -0.39 is 0 Å². The predicted molar refractivity (Wildman–Crippen MR) is 130 cm³/mol. The molecule has 33 heavy (non-hydrogen) atoms. The number of hydrogen-bond acceptors (Lipinski definition) is 6. The number of benzene rings is 2. The van der Waals surface area contributed by atoms with E-state index in [9.17, 15) is 4.79 Å². The third-order valence-corrected chi connectivity index (χ3v) is 6.14. The number of carbonyl (C=O) groups is 1. The predicted octanol–water partition coefficient (Wildman–Crippen LogP) is 4.48. The molecule has 2 aromatic carbocycles. The second-order valence-electron chi connectivity index (χ2n) is 7.66. The third-order valence-electron chi connectivity index (χ3n) is 5.73. The highest BCUT2D eigenvalue weighted by molar-refractivity contribution is 6.31. The minimum absolute atomic E-state index is 0.130. The number of hydrogen-bond donors (Lipinski definition) is 1. The van der Waals surface area contributed by atoms with Crippen molar-refractivity contribution < 1.29 is 14.3 Å². The minimum atomic E-state index is -0.130. The van der Waals surface area contributed by atoms with Crippen LogP contribution in [0.2, 0.25) is 5.02 Å². The molecule has 1 fully saturated rings. The summed E-state index contributed by atoms with van der Waals surface area (Å²) < 4.78 is 10.7. The Hall–Kier alpha value is -3.52. The van der Waals surface area contributed by atoms with Crippen molar-refractivity contribution in [2.75, 3.05) is 50.6 Å². The van der Waals surface area contributed by atoms with E-state index in [0.29, 0.717) is 42.7 Å². The molecule has 4 rings (SSSR count). The van der Waals surface area contributed by atoms with Crippen molar-refractivity contribution >= 4 is 29.1 Å². The summed E-state index contributed by atoms with van der Waals surface area (Å²) in [5.74, 6) is 2.09. The molecule has 3 aromatic rings. The number of methoxy groups -OCH3 is 2. The zero-order valence-corrected chi connectivity index (χ0v) is 19.6. The van der Waals surface area contributed by atoms with Crippen LogP contribution in [-0.4, -0.2) is 61.5 Å². The Kier molecular flexibility index (Phi) is 6.84. The van der Waals surface area contributed by atoms with Gasteiger partial charge in [-0.1, -0.05) is 17.7 Å². The third kappa shape index (κ3) is 4.96. The number of urea groups is 1. The van der Waals surface area contributed by atoms with Gasteiger partial charge in [-0.25, -0.2) is 4.79 Å². The molecule has 0 spiro atoms. The molecular formula is C24H26ClN5O3. The van der Waals surface area contributed by atoms with Crippen molar-refractivity contribution in [1.29, 1.82) is 0 Å². The number of ether oxygens (including phenoxy) is 2. The van der Waals surface area contributed by atoms with Crippen LogP contribution in [-0.2, 0) is 0 Å². The second kappa shape index (κ2) is 9.95. The summed E-state index contributed by atoms with van der Waals surface area (Å²) in [4.78, 5) is 16.6. The summed E-state index contributed by atoms with van der Waals surface area (Å²) in [6.45, 7) is 4.41. The topological polar surface area (TPSA) is 79.8 Å². The van der Waals surface area contributed by atoms with Crippen LogP contribution in [0.25, 0.3) is 11.3 Å². The van der Waals surface area contributed by atoms with Gasteiger partial charge in [0, 0.05) is 42.5 Å². The molecule has 0 aliphatic carbocycles. The molecule has 1 saturated heterocycles. The van der Waals surface area contributed by atoms with Gasteiger partial charge >= 0.3 is 6.03 Å². The zero-order chi connectivity index (χ0) is 23.4. The molecular weight excluding hydrogens is 442 g/mol. The monoisotopic (exact) mass is 467 g/mol. The summed E-state index contributed by atoms with van der Waals surface area (Å²) in [6, 6.07) is 14.9. The van der Waals surface area contributed by atoms with E-state index in [2.05, 4.69) is 20.4 Å². The second-order valence-corrected chi connectivity index (χ2v) is 8.07. The SMILES string of the molecule is COc1ccc(-c2ccc(N3CCN(C(=O)Nc4cccc(Cl)c4C)CC3)nn2)cc1OC. The lowest BCUT2D eigenvalue weighted by Crippen LogP contribution is -2.50. The van der Waals surface area contributed by atoms with Crippen LogP contribution >= 0.6 is 11.6 Å². The number of aromatic nitrogens is 2. The molecule has 2 amide bonds. The zero-order valence-electron chi connectivity index (χ0n) is 18.8. The van der Waals surface area contributed by atoms with Crippen molar-refractivity contribution in [3.63, 3.8) is 0 Å². The van der Waals surface area contributed by atoms with Gasteiger partial charge in [-0.05, 0) is 55.0 Å². The molecule has 0 unspecified atom stereocenters. The van der Waals surface area contributed by atoms with Crippen LogP contribution in [0.15, 0.2) is 48.5 Å². The van der Waals surface area contributed by atoms with Crippen molar-refractivity contribution in [3.05, 3.63) is 59.1 Å². The Morgan fingerprint density at radius 3 is 2.39 bits per heavy atom. The summed E-state index contributed by atoms with van der Waals surface area (Å²) in [7, 11) is 3.21. The van der Waals surface area contributed by atoms with E-state index >= 15 is 0 Å². The van der Waals surface area contributed by atoms with Crippen molar-refractivity contribution in [2.24, 2.45) is 0 Å². The average Bonchev–Trinajstić information content (AvgIpc) is 2.86. The standard InChI is InChI=1S/C24H26ClN5O3/c1-16-18(25)5-4-6-19(16)26-24(31)30-13-11-29(12-14-30)23-10-8-20(27-28-23)17-7-9-21(32-2)22(15-17)33-3/h4-10,15H,11-14H2,1-3H3,(H,26,31). The fraction of sp³-hybridized carbons (Fsp3) is 0.292. The molecule has 0 saturated carbocycles. The van der Waals surface area contributed by atoms with Gasteiger partial charge in [0.15, 0.2) is 17.3 Å². The maximum atomic E-state index is 12.7. The Labute approximate surface area is 198 Å². The Morgan fingerprint density at radius 2 is 1.73 bits per heavy atom. The first-order valence-corrected chi connectivity index (χ1v) is 11.0. The quantitative estimate of drug-likeness (QED) is 0.596. The average molecular weight is 468 g/mol.